The van der Waals surface area contributed by atoms with Gasteiger partial charge in [-0.1, -0.05) is 5.16 Å². The molecule has 0 N–H and O–H groups in total. The number of fused-ring (bicyclic) bond motifs is 1. The number of aryl methyl sites for hydroxylation is 1. The average Bonchev–Trinajstić information content (AvgIpc) is 2.52. The van der Waals surface area contributed by atoms with Crippen molar-refractivity contribution in [2.75, 3.05) is 0 Å². The second kappa shape index (κ2) is 2.73. The highest BCUT2D eigenvalue weighted by Crippen LogP contribution is 2.24. The Morgan fingerprint density at radius 1 is 1.58 bits per heavy atom. The third-order valence-corrected chi connectivity index (χ3v) is 2.20. The molecule has 0 unspecified atom stereocenters. The van der Waals surface area contributed by atoms with Crippen LogP contribution in [0.3, 0.4) is 0 Å². The minimum atomic E-state index is 0.140. The Kier molecular flexibility index (Phi) is 1.71. The van der Waals surface area contributed by atoms with E-state index in [1.165, 1.54) is 5.56 Å². The summed E-state index contributed by atoms with van der Waals surface area (Å²) >= 11 is 0. The molecule has 1 aromatic heterocycles. The van der Waals surface area contributed by atoms with Crippen LogP contribution < -0.4 is 0 Å². The van der Waals surface area contributed by atoms with Crippen molar-refractivity contribution >= 4 is 5.78 Å². The highest BCUT2D eigenvalue weighted by Gasteiger charge is 2.21. The lowest BCUT2D eigenvalue weighted by Gasteiger charge is -1.92. The van der Waals surface area contributed by atoms with Crippen LogP contribution in [-0.2, 0) is 24.1 Å². The largest absolute Gasteiger partial charge is 0.360 e. The molecule has 0 amide bonds. The molecule has 0 saturated carbocycles. The van der Waals surface area contributed by atoms with Gasteiger partial charge in [0.25, 0.3) is 0 Å². The van der Waals surface area contributed by atoms with E-state index < -0.39 is 0 Å². The summed E-state index contributed by atoms with van der Waals surface area (Å²) in [5.74, 6) is 0.927. The van der Waals surface area contributed by atoms with Crippen LogP contribution in [0.25, 0.3) is 0 Å². The summed E-state index contributed by atoms with van der Waals surface area (Å²) in [6.45, 7) is 1.57. The molecule has 2 rings (SSSR count). The summed E-state index contributed by atoms with van der Waals surface area (Å²) in [7, 11) is 0. The van der Waals surface area contributed by atoms with E-state index in [4.69, 9.17) is 4.52 Å². The number of hydrogen-bond donors (Lipinski definition) is 0. The Balaban J connectivity index is 2.27. The molecule has 0 radical (unpaired) electrons. The number of Topliss-reactive ketones (excluding diaryl/α,β-unsaturated/α-hetero) is 1. The highest BCUT2D eigenvalue weighted by molar-refractivity contribution is 5.77. The Morgan fingerprint density at radius 3 is 3.17 bits per heavy atom. The molecule has 3 heteroatoms. The third kappa shape index (κ3) is 1.15. The maximum absolute atomic E-state index is 10.8. The standard InChI is InChI=1S/C9H11NO2/c1-6(11)5-9-7-3-2-4-8(7)10-12-9/h2-5H2,1H3. The van der Waals surface area contributed by atoms with E-state index in [-0.39, 0.29) is 5.78 Å². The molecule has 0 fully saturated rings. The van der Waals surface area contributed by atoms with E-state index in [1.54, 1.807) is 6.92 Å². The van der Waals surface area contributed by atoms with Gasteiger partial charge in [0, 0.05) is 5.56 Å². The van der Waals surface area contributed by atoms with Gasteiger partial charge in [-0.3, -0.25) is 4.79 Å². The molecule has 0 spiro atoms. The van der Waals surface area contributed by atoms with E-state index in [0.29, 0.717) is 6.42 Å². The van der Waals surface area contributed by atoms with Crippen molar-refractivity contribution in [1.82, 2.24) is 5.16 Å². The summed E-state index contributed by atoms with van der Waals surface area (Å²) in [5, 5.41) is 3.92. The van der Waals surface area contributed by atoms with Crippen molar-refractivity contribution in [3.63, 3.8) is 0 Å². The van der Waals surface area contributed by atoms with E-state index >= 15 is 0 Å². The van der Waals surface area contributed by atoms with Gasteiger partial charge < -0.3 is 4.52 Å². The normalized spacial score (nSPS) is 14.8. The molecule has 64 valence electrons. The molecular weight excluding hydrogens is 154 g/mol. The van der Waals surface area contributed by atoms with Crippen LogP contribution >= 0.6 is 0 Å². The van der Waals surface area contributed by atoms with Crippen LogP contribution in [0.4, 0.5) is 0 Å². The van der Waals surface area contributed by atoms with Crippen LogP contribution in [0.1, 0.15) is 30.4 Å². The lowest BCUT2D eigenvalue weighted by Crippen LogP contribution is -1.97. The minimum absolute atomic E-state index is 0.140. The summed E-state index contributed by atoms with van der Waals surface area (Å²) in [6.07, 6.45) is 3.60. The summed E-state index contributed by atoms with van der Waals surface area (Å²) in [5.41, 5.74) is 2.25. The molecule has 1 aliphatic rings. The van der Waals surface area contributed by atoms with Crippen LogP contribution in [0.15, 0.2) is 4.52 Å². The number of carbonyl (C=O) groups is 1. The van der Waals surface area contributed by atoms with Crippen molar-refractivity contribution in [3.8, 4) is 0 Å². The zero-order chi connectivity index (χ0) is 8.55. The van der Waals surface area contributed by atoms with Crippen molar-refractivity contribution in [3.05, 3.63) is 17.0 Å². The van der Waals surface area contributed by atoms with Gasteiger partial charge in [-0.05, 0) is 26.2 Å². The fraction of sp³-hybridized carbons (Fsp3) is 0.556. The van der Waals surface area contributed by atoms with Crippen LogP contribution in [-0.4, -0.2) is 10.9 Å². The summed E-state index contributed by atoms with van der Waals surface area (Å²) in [4.78, 5) is 10.8. The van der Waals surface area contributed by atoms with Gasteiger partial charge in [-0.2, -0.15) is 0 Å². The van der Waals surface area contributed by atoms with E-state index in [2.05, 4.69) is 5.16 Å². The second-order valence-electron chi connectivity index (χ2n) is 3.26. The lowest BCUT2D eigenvalue weighted by atomic mass is 10.1. The van der Waals surface area contributed by atoms with Crippen molar-refractivity contribution in [1.29, 1.82) is 0 Å². The van der Waals surface area contributed by atoms with Gasteiger partial charge in [0.1, 0.15) is 11.5 Å². The van der Waals surface area contributed by atoms with E-state index in [0.717, 1.165) is 30.7 Å². The van der Waals surface area contributed by atoms with Crippen LogP contribution in [0.2, 0.25) is 0 Å². The maximum atomic E-state index is 10.8. The van der Waals surface area contributed by atoms with E-state index in [1.807, 2.05) is 0 Å². The molecule has 0 aromatic carbocycles. The summed E-state index contributed by atoms with van der Waals surface area (Å²) < 4.78 is 5.08. The number of carbonyl (C=O) groups excluding carboxylic acids is 1. The predicted molar refractivity (Wildman–Crippen MR) is 42.9 cm³/mol. The molecule has 1 heterocycles. The molecule has 0 atom stereocenters. The first-order valence-corrected chi connectivity index (χ1v) is 4.23. The minimum Gasteiger partial charge on any atom is -0.360 e. The highest BCUT2D eigenvalue weighted by atomic mass is 16.5. The fourth-order valence-electron chi connectivity index (χ4n) is 1.66. The molecule has 0 aliphatic heterocycles. The third-order valence-electron chi connectivity index (χ3n) is 2.20. The van der Waals surface area contributed by atoms with Gasteiger partial charge in [0.15, 0.2) is 0 Å². The molecule has 0 bridgehead atoms. The van der Waals surface area contributed by atoms with E-state index in [9.17, 15) is 4.79 Å². The van der Waals surface area contributed by atoms with Gasteiger partial charge in [-0.15, -0.1) is 0 Å². The number of aromatic nitrogens is 1. The molecule has 1 aromatic rings. The first-order chi connectivity index (χ1) is 5.77. The van der Waals surface area contributed by atoms with Gasteiger partial charge in [0.05, 0.1) is 12.1 Å². The number of nitrogens with zero attached hydrogens (tertiary/aromatic N) is 1. The fourth-order valence-corrected chi connectivity index (χ4v) is 1.66. The number of hydrogen-bond acceptors (Lipinski definition) is 3. The van der Waals surface area contributed by atoms with Crippen molar-refractivity contribution in [2.45, 2.75) is 32.6 Å². The van der Waals surface area contributed by atoms with Gasteiger partial charge >= 0.3 is 0 Å². The Morgan fingerprint density at radius 2 is 2.42 bits per heavy atom. The molecular formula is C9H11NO2. The second-order valence-corrected chi connectivity index (χ2v) is 3.26. The molecule has 3 nitrogen and oxygen atoms in total. The number of rotatable bonds is 2. The molecule has 0 saturated heterocycles. The maximum Gasteiger partial charge on any atom is 0.147 e. The predicted octanol–water partition coefficient (Wildman–Crippen LogP) is 1.29. The Hall–Kier alpha value is -1.12. The first-order valence-electron chi connectivity index (χ1n) is 4.23. The first kappa shape index (κ1) is 7.53. The number of ketones is 1. The lowest BCUT2D eigenvalue weighted by molar-refractivity contribution is -0.116. The molecule has 1 aliphatic carbocycles. The monoisotopic (exact) mass is 165 g/mol. The zero-order valence-electron chi connectivity index (χ0n) is 7.09. The molecule has 12 heavy (non-hydrogen) atoms. The Labute approximate surface area is 70.7 Å². The smallest absolute Gasteiger partial charge is 0.147 e. The van der Waals surface area contributed by atoms with Crippen LogP contribution in [0.5, 0.6) is 0 Å². The van der Waals surface area contributed by atoms with Crippen molar-refractivity contribution < 1.29 is 9.32 Å². The average molecular weight is 165 g/mol. The summed E-state index contributed by atoms with van der Waals surface area (Å²) in [6, 6.07) is 0. The SMILES string of the molecule is CC(=O)Cc1onc2c1CCC2. The quantitative estimate of drug-likeness (QED) is 0.663. The Bertz CT molecular complexity index is 314. The topological polar surface area (TPSA) is 43.1 Å². The van der Waals surface area contributed by atoms with Crippen LogP contribution in [0, 0.1) is 0 Å². The zero-order valence-corrected chi connectivity index (χ0v) is 7.09. The van der Waals surface area contributed by atoms with Crippen molar-refractivity contribution in [2.24, 2.45) is 0 Å². The van der Waals surface area contributed by atoms with Gasteiger partial charge in [0.2, 0.25) is 0 Å². The van der Waals surface area contributed by atoms with Gasteiger partial charge in [-0.25, -0.2) is 0 Å².